The summed E-state index contributed by atoms with van der Waals surface area (Å²) in [5.74, 6) is 0. The number of hydrogen-bond acceptors (Lipinski definition) is 5. The lowest BCUT2D eigenvalue weighted by Gasteiger charge is -2.18. The summed E-state index contributed by atoms with van der Waals surface area (Å²) in [6, 6.07) is 0. The third kappa shape index (κ3) is 4.59. The van der Waals surface area contributed by atoms with Gasteiger partial charge in [0.25, 0.3) is 0 Å². The maximum Gasteiger partial charge on any atom is 0.413 e. The number of amides is 1. The highest BCUT2D eigenvalue weighted by Crippen LogP contribution is 2.17. The van der Waals surface area contributed by atoms with Crippen molar-refractivity contribution in [2.45, 2.75) is 32.8 Å². The van der Waals surface area contributed by atoms with Crippen molar-refractivity contribution in [3.05, 3.63) is 11.1 Å². The molecule has 0 spiro atoms. The van der Waals surface area contributed by atoms with Gasteiger partial charge < -0.3 is 10.5 Å². The SMILES string of the molecule is CC(C)(C)OC(=O)Nc1nc(CCN)cs1. The number of ether oxygens (including phenoxy) is 1. The van der Waals surface area contributed by atoms with Crippen LogP contribution in [0.15, 0.2) is 5.38 Å². The molecule has 3 N–H and O–H groups in total. The van der Waals surface area contributed by atoms with Crippen molar-refractivity contribution in [3.63, 3.8) is 0 Å². The monoisotopic (exact) mass is 243 g/mol. The molecule has 0 radical (unpaired) electrons. The second-order valence-corrected chi connectivity index (χ2v) is 5.17. The van der Waals surface area contributed by atoms with E-state index in [1.54, 1.807) is 0 Å². The van der Waals surface area contributed by atoms with Gasteiger partial charge in [-0.3, -0.25) is 5.32 Å². The fourth-order valence-electron chi connectivity index (χ4n) is 1.02. The van der Waals surface area contributed by atoms with Crippen LogP contribution in [0.4, 0.5) is 9.93 Å². The molecule has 0 saturated heterocycles. The number of rotatable bonds is 3. The van der Waals surface area contributed by atoms with Crippen LogP contribution in [0.1, 0.15) is 26.5 Å². The lowest BCUT2D eigenvalue weighted by atomic mass is 10.2. The molecule has 0 aliphatic carbocycles. The standard InChI is InChI=1S/C10H17N3O2S/c1-10(2,3)15-9(14)13-8-12-7(4-5-11)6-16-8/h6H,4-5,11H2,1-3H3,(H,12,13,14). The van der Waals surface area contributed by atoms with E-state index in [0.29, 0.717) is 18.1 Å². The molecule has 0 aliphatic heterocycles. The molecule has 6 heteroatoms. The normalized spacial score (nSPS) is 11.2. The van der Waals surface area contributed by atoms with Gasteiger partial charge in [-0.2, -0.15) is 0 Å². The molecule has 0 atom stereocenters. The average molecular weight is 243 g/mol. The number of carbonyl (C=O) groups excluding carboxylic acids is 1. The Kier molecular flexibility index (Phi) is 4.26. The highest BCUT2D eigenvalue weighted by molar-refractivity contribution is 7.13. The number of nitrogens with zero attached hydrogens (tertiary/aromatic N) is 1. The van der Waals surface area contributed by atoms with Gasteiger partial charge in [-0.1, -0.05) is 0 Å². The Morgan fingerprint density at radius 2 is 2.31 bits per heavy atom. The summed E-state index contributed by atoms with van der Waals surface area (Å²) >= 11 is 1.37. The molecular weight excluding hydrogens is 226 g/mol. The first kappa shape index (κ1) is 12.9. The van der Waals surface area contributed by atoms with Gasteiger partial charge in [0.05, 0.1) is 5.69 Å². The minimum atomic E-state index is -0.499. The van der Waals surface area contributed by atoms with Crippen LogP contribution in [-0.4, -0.2) is 23.2 Å². The molecule has 0 aliphatic rings. The van der Waals surface area contributed by atoms with E-state index in [0.717, 1.165) is 5.69 Å². The van der Waals surface area contributed by atoms with Gasteiger partial charge in [0.1, 0.15) is 5.60 Å². The second-order valence-electron chi connectivity index (χ2n) is 4.31. The van der Waals surface area contributed by atoms with Crippen molar-refractivity contribution in [1.29, 1.82) is 0 Å². The number of nitrogens with one attached hydrogen (secondary N) is 1. The van der Waals surface area contributed by atoms with Gasteiger partial charge in [0.15, 0.2) is 5.13 Å². The fourth-order valence-corrected chi connectivity index (χ4v) is 1.75. The third-order valence-electron chi connectivity index (χ3n) is 1.56. The average Bonchev–Trinajstić information content (AvgIpc) is 2.49. The zero-order valence-electron chi connectivity index (χ0n) is 9.74. The van der Waals surface area contributed by atoms with Crippen molar-refractivity contribution < 1.29 is 9.53 Å². The predicted molar refractivity (Wildman–Crippen MR) is 64.7 cm³/mol. The summed E-state index contributed by atoms with van der Waals surface area (Å²) in [5, 5.41) is 5.00. The number of hydrogen-bond donors (Lipinski definition) is 2. The van der Waals surface area contributed by atoms with Gasteiger partial charge >= 0.3 is 6.09 Å². The largest absolute Gasteiger partial charge is 0.444 e. The van der Waals surface area contributed by atoms with E-state index in [1.807, 2.05) is 26.2 Å². The molecule has 0 saturated carbocycles. The molecule has 16 heavy (non-hydrogen) atoms. The van der Waals surface area contributed by atoms with Gasteiger partial charge in [-0.25, -0.2) is 9.78 Å². The fraction of sp³-hybridized carbons (Fsp3) is 0.600. The number of nitrogens with two attached hydrogens (primary N) is 1. The Morgan fingerprint density at radius 3 is 2.88 bits per heavy atom. The van der Waals surface area contributed by atoms with Gasteiger partial charge in [-0.05, 0) is 27.3 Å². The van der Waals surface area contributed by atoms with Gasteiger partial charge in [0, 0.05) is 11.8 Å². The lowest BCUT2D eigenvalue weighted by molar-refractivity contribution is 0.0636. The third-order valence-corrected chi connectivity index (χ3v) is 2.37. The molecule has 5 nitrogen and oxygen atoms in total. The molecule has 90 valence electrons. The second kappa shape index (κ2) is 5.27. The Hall–Kier alpha value is -1.14. The first-order valence-electron chi connectivity index (χ1n) is 5.05. The Balaban J connectivity index is 2.50. The van der Waals surface area contributed by atoms with Crippen LogP contribution in [0, 0.1) is 0 Å². The van der Waals surface area contributed by atoms with E-state index in [1.165, 1.54) is 11.3 Å². The highest BCUT2D eigenvalue weighted by Gasteiger charge is 2.17. The smallest absolute Gasteiger partial charge is 0.413 e. The van der Waals surface area contributed by atoms with Gasteiger partial charge in [-0.15, -0.1) is 11.3 Å². The van der Waals surface area contributed by atoms with Crippen molar-refractivity contribution in [3.8, 4) is 0 Å². The predicted octanol–water partition coefficient (Wildman–Crippen LogP) is 1.99. The summed E-state index contributed by atoms with van der Waals surface area (Å²) in [7, 11) is 0. The molecule has 1 amide bonds. The van der Waals surface area contributed by atoms with Crippen molar-refractivity contribution >= 4 is 22.6 Å². The number of carbonyl (C=O) groups is 1. The molecule has 0 unspecified atom stereocenters. The summed E-state index contributed by atoms with van der Waals surface area (Å²) in [4.78, 5) is 15.6. The van der Waals surface area contributed by atoms with Crippen LogP contribution >= 0.6 is 11.3 Å². The lowest BCUT2D eigenvalue weighted by Crippen LogP contribution is -2.27. The van der Waals surface area contributed by atoms with Crippen molar-refractivity contribution in [2.24, 2.45) is 5.73 Å². The molecule has 1 rings (SSSR count). The van der Waals surface area contributed by atoms with E-state index in [4.69, 9.17) is 10.5 Å². The highest BCUT2D eigenvalue weighted by atomic mass is 32.1. The topological polar surface area (TPSA) is 77.2 Å². The first-order chi connectivity index (χ1) is 7.40. The summed E-state index contributed by atoms with van der Waals surface area (Å²) in [6.07, 6.45) is 0.230. The minimum absolute atomic E-state index is 0.485. The van der Waals surface area contributed by atoms with Crippen LogP contribution < -0.4 is 11.1 Å². The van der Waals surface area contributed by atoms with Crippen LogP contribution in [-0.2, 0) is 11.2 Å². The van der Waals surface area contributed by atoms with Crippen LogP contribution in [0.3, 0.4) is 0 Å². The van der Waals surface area contributed by atoms with Crippen molar-refractivity contribution in [2.75, 3.05) is 11.9 Å². The molecular formula is C10H17N3O2S. The summed E-state index contributed by atoms with van der Waals surface area (Å²) in [6.45, 7) is 5.99. The van der Waals surface area contributed by atoms with Crippen molar-refractivity contribution in [1.82, 2.24) is 4.98 Å². The molecule has 1 heterocycles. The van der Waals surface area contributed by atoms with Crippen LogP contribution in [0.25, 0.3) is 0 Å². The van der Waals surface area contributed by atoms with E-state index in [2.05, 4.69) is 10.3 Å². The maximum atomic E-state index is 11.4. The zero-order valence-corrected chi connectivity index (χ0v) is 10.6. The number of thiazole rings is 1. The summed E-state index contributed by atoms with van der Waals surface area (Å²) < 4.78 is 5.10. The first-order valence-corrected chi connectivity index (χ1v) is 5.93. The van der Waals surface area contributed by atoms with Crippen LogP contribution in [0.5, 0.6) is 0 Å². The molecule has 1 aromatic heterocycles. The Bertz CT molecular complexity index is 357. The molecule has 0 aromatic carbocycles. The quantitative estimate of drug-likeness (QED) is 0.851. The van der Waals surface area contributed by atoms with E-state index < -0.39 is 11.7 Å². The molecule has 0 fully saturated rings. The zero-order chi connectivity index (χ0) is 12.2. The van der Waals surface area contributed by atoms with E-state index in [-0.39, 0.29) is 0 Å². The number of anilines is 1. The minimum Gasteiger partial charge on any atom is -0.444 e. The Labute approximate surface area is 99.0 Å². The van der Waals surface area contributed by atoms with E-state index >= 15 is 0 Å². The number of aromatic nitrogens is 1. The van der Waals surface area contributed by atoms with Crippen LogP contribution in [0.2, 0.25) is 0 Å². The molecule has 0 bridgehead atoms. The van der Waals surface area contributed by atoms with E-state index in [9.17, 15) is 4.79 Å². The maximum absolute atomic E-state index is 11.4. The van der Waals surface area contributed by atoms with Gasteiger partial charge in [0.2, 0.25) is 0 Å². The Morgan fingerprint density at radius 1 is 1.62 bits per heavy atom. The molecule has 1 aromatic rings. The summed E-state index contributed by atoms with van der Waals surface area (Å²) in [5.41, 5.74) is 5.80.